The Hall–Kier alpha value is -0.530. The molecule has 2 atom stereocenters. The second-order valence-electron chi connectivity index (χ2n) is 7.88. The Kier molecular flexibility index (Phi) is 2.60. The molecule has 4 fully saturated rings. The summed E-state index contributed by atoms with van der Waals surface area (Å²) in [5, 5.41) is 9.55. The van der Waals surface area contributed by atoms with Crippen molar-refractivity contribution in [2.45, 2.75) is 59.3 Å². The topological polar surface area (TPSA) is 37.3 Å². The highest BCUT2D eigenvalue weighted by atomic mass is 16.4. The average molecular weight is 250 g/mol. The molecule has 0 radical (unpaired) electrons. The fourth-order valence-corrected chi connectivity index (χ4v) is 5.95. The smallest absolute Gasteiger partial charge is 0.309 e. The van der Waals surface area contributed by atoms with E-state index in [0.29, 0.717) is 23.2 Å². The van der Waals surface area contributed by atoms with Crippen LogP contribution in [0, 0.1) is 34.5 Å². The number of carboxylic acids is 1. The van der Waals surface area contributed by atoms with E-state index in [2.05, 4.69) is 6.92 Å². The minimum atomic E-state index is -0.592. The van der Waals surface area contributed by atoms with Gasteiger partial charge in [-0.25, -0.2) is 0 Å². The number of carboxylic acid groups (broad SMARTS) is 1. The lowest BCUT2D eigenvalue weighted by atomic mass is 9.42. The highest BCUT2D eigenvalue weighted by Crippen LogP contribution is 2.66. The third kappa shape index (κ3) is 1.57. The van der Waals surface area contributed by atoms with Gasteiger partial charge in [0, 0.05) is 0 Å². The van der Waals surface area contributed by atoms with Crippen LogP contribution in [0.4, 0.5) is 0 Å². The monoisotopic (exact) mass is 250 g/mol. The van der Waals surface area contributed by atoms with Crippen LogP contribution in [0.15, 0.2) is 0 Å². The number of rotatable bonds is 3. The molecule has 2 unspecified atom stereocenters. The van der Waals surface area contributed by atoms with E-state index >= 15 is 0 Å². The van der Waals surface area contributed by atoms with Gasteiger partial charge in [-0.3, -0.25) is 4.79 Å². The maximum atomic E-state index is 11.6. The predicted molar refractivity (Wildman–Crippen MR) is 71.2 cm³/mol. The van der Waals surface area contributed by atoms with E-state index in [1.54, 1.807) is 0 Å². The lowest BCUT2D eigenvalue weighted by molar-refractivity contribution is -0.170. The molecule has 0 spiro atoms. The van der Waals surface area contributed by atoms with E-state index in [0.717, 1.165) is 5.92 Å². The third-order valence-electron chi connectivity index (χ3n) is 6.53. The lowest BCUT2D eigenvalue weighted by Crippen LogP contribution is -2.56. The summed E-state index contributed by atoms with van der Waals surface area (Å²) in [6, 6.07) is 0. The van der Waals surface area contributed by atoms with Crippen molar-refractivity contribution in [1.29, 1.82) is 0 Å². The zero-order valence-electron chi connectivity index (χ0n) is 11.9. The van der Waals surface area contributed by atoms with Gasteiger partial charge in [0.1, 0.15) is 0 Å². The van der Waals surface area contributed by atoms with Gasteiger partial charge in [0.25, 0.3) is 0 Å². The maximum Gasteiger partial charge on any atom is 0.309 e. The van der Waals surface area contributed by atoms with Crippen molar-refractivity contribution in [2.24, 2.45) is 34.5 Å². The highest BCUT2D eigenvalue weighted by molar-refractivity contribution is 5.74. The van der Waals surface area contributed by atoms with Crippen LogP contribution in [-0.4, -0.2) is 11.1 Å². The molecule has 0 amide bonds. The van der Waals surface area contributed by atoms with Crippen LogP contribution < -0.4 is 0 Å². The van der Waals surface area contributed by atoms with Crippen LogP contribution >= 0.6 is 0 Å². The molecule has 4 rings (SSSR count). The Bertz CT molecular complexity index is 355. The standard InChI is InChI=1S/C16H26O2/c1-4-16-7-10-5-11(8-16)13(12(6-10)9-16)15(2,3)14(17)18/h10-13H,4-9H2,1-3H3,(H,17,18). The van der Waals surface area contributed by atoms with Crippen molar-refractivity contribution in [3.8, 4) is 0 Å². The summed E-state index contributed by atoms with van der Waals surface area (Å²) in [6.07, 6.45) is 7.95. The molecule has 18 heavy (non-hydrogen) atoms. The number of hydrogen-bond donors (Lipinski definition) is 1. The van der Waals surface area contributed by atoms with Crippen molar-refractivity contribution < 1.29 is 9.90 Å². The van der Waals surface area contributed by atoms with Crippen molar-refractivity contribution in [3.05, 3.63) is 0 Å². The first-order valence-corrected chi connectivity index (χ1v) is 7.61. The van der Waals surface area contributed by atoms with Crippen LogP contribution in [-0.2, 0) is 4.79 Å². The molecule has 2 nitrogen and oxygen atoms in total. The van der Waals surface area contributed by atoms with Gasteiger partial charge >= 0.3 is 5.97 Å². The lowest BCUT2D eigenvalue weighted by Gasteiger charge is -2.62. The van der Waals surface area contributed by atoms with Crippen LogP contribution in [0.25, 0.3) is 0 Å². The van der Waals surface area contributed by atoms with Gasteiger partial charge in [0.2, 0.25) is 0 Å². The van der Waals surface area contributed by atoms with Crippen molar-refractivity contribution in [3.63, 3.8) is 0 Å². The van der Waals surface area contributed by atoms with Gasteiger partial charge in [-0.15, -0.1) is 0 Å². The summed E-state index contributed by atoms with van der Waals surface area (Å²) in [5.74, 6) is 2.10. The van der Waals surface area contributed by atoms with Crippen LogP contribution in [0.2, 0.25) is 0 Å². The third-order valence-corrected chi connectivity index (χ3v) is 6.53. The first-order valence-electron chi connectivity index (χ1n) is 7.61. The SMILES string of the molecule is CCC12CC3CC(C1)C(C(C)(C)C(=O)O)C(C3)C2. The Labute approximate surface area is 110 Å². The minimum Gasteiger partial charge on any atom is -0.481 e. The molecule has 1 N–H and O–H groups in total. The Balaban J connectivity index is 1.91. The summed E-state index contributed by atoms with van der Waals surface area (Å²) in [7, 11) is 0. The molecule has 0 saturated heterocycles. The van der Waals surface area contributed by atoms with Gasteiger partial charge in [-0.05, 0) is 75.0 Å². The van der Waals surface area contributed by atoms with Gasteiger partial charge in [0.15, 0.2) is 0 Å². The van der Waals surface area contributed by atoms with E-state index in [-0.39, 0.29) is 0 Å². The molecule has 0 aromatic heterocycles. The van der Waals surface area contributed by atoms with E-state index in [9.17, 15) is 9.90 Å². The Morgan fingerprint density at radius 2 is 1.78 bits per heavy atom. The molecular weight excluding hydrogens is 224 g/mol. The van der Waals surface area contributed by atoms with Crippen molar-refractivity contribution >= 4 is 5.97 Å². The Morgan fingerprint density at radius 1 is 1.22 bits per heavy atom. The van der Waals surface area contributed by atoms with Crippen LogP contribution in [0.5, 0.6) is 0 Å². The second-order valence-corrected chi connectivity index (χ2v) is 7.88. The summed E-state index contributed by atoms with van der Waals surface area (Å²) in [6.45, 7) is 6.26. The zero-order valence-corrected chi connectivity index (χ0v) is 11.9. The summed E-state index contributed by atoms with van der Waals surface area (Å²) in [4.78, 5) is 11.6. The maximum absolute atomic E-state index is 11.6. The molecule has 4 aliphatic carbocycles. The van der Waals surface area contributed by atoms with Crippen molar-refractivity contribution in [1.82, 2.24) is 0 Å². The van der Waals surface area contributed by atoms with Gasteiger partial charge in [-0.2, -0.15) is 0 Å². The van der Waals surface area contributed by atoms with Crippen LogP contribution in [0.3, 0.4) is 0 Å². The zero-order chi connectivity index (χ0) is 13.1. The molecule has 4 bridgehead atoms. The first kappa shape index (κ1) is 12.5. The molecule has 0 heterocycles. The van der Waals surface area contributed by atoms with Crippen molar-refractivity contribution in [2.75, 3.05) is 0 Å². The van der Waals surface area contributed by atoms with E-state index in [1.807, 2.05) is 13.8 Å². The quantitative estimate of drug-likeness (QED) is 0.823. The van der Waals surface area contributed by atoms with E-state index in [4.69, 9.17) is 0 Å². The van der Waals surface area contributed by atoms with Crippen LogP contribution in [0.1, 0.15) is 59.3 Å². The molecule has 4 saturated carbocycles. The Morgan fingerprint density at radius 3 is 2.22 bits per heavy atom. The fourth-order valence-electron chi connectivity index (χ4n) is 5.95. The molecule has 102 valence electrons. The molecule has 0 aliphatic heterocycles. The minimum absolute atomic E-state index is 0.422. The van der Waals surface area contributed by atoms with E-state index < -0.39 is 11.4 Å². The second kappa shape index (κ2) is 3.74. The molecule has 2 heteroatoms. The summed E-state index contributed by atoms with van der Waals surface area (Å²) >= 11 is 0. The predicted octanol–water partition coefficient (Wildman–Crippen LogP) is 3.95. The molecule has 0 aromatic carbocycles. The number of aliphatic carboxylic acids is 1. The summed E-state index contributed by atoms with van der Waals surface area (Å²) < 4.78 is 0. The number of hydrogen-bond acceptors (Lipinski definition) is 1. The molecular formula is C16H26O2. The van der Waals surface area contributed by atoms with E-state index in [1.165, 1.54) is 38.5 Å². The largest absolute Gasteiger partial charge is 0.481 e. The van der Waals surface area contributed by atoms with Gasteiger partial charge < -0.3 is 5.11 Å². The number of carbonyl (C=O) groups is 1. The molecule has 4 aliphatic rings. The summed E-state index contributed by atoms with van der Waals surface area (Å²) in [5.41, 5.74) is 0.0547. The van der Waals surface area contributed by atoms with Gasteiger partial charge in [0.05, 0.1) is 5.41 Å². The fraction of sp³-hybridized carbons (Fsp3) is 0.938. The first-order chi connectivity index (χ1) is 8.38. The molecule has 0 aromatic rings. The average Bonchev–Trinajstić information content (AvgIpc) is 2.27. The van der Waals surface area contributed by atoms with Gasteiger partial charge in [-0.1, -0.05) is 13.3 Å². The normalized spacial score (nSPS) is 46.4. The highest BCUT2D eigenvalue weighted by Gasteiger charge is 2.59.